The highest BCUT2D eigenvalue weighted by molar-refractivity contribution is 7.89. The van der Waals surface area contributed by atoms with Crippen molar-refractivity contribution in [3.63, 3.8) is 0 Å². The number of benzene rings is 2. The maximum absolute atomic E-state index is 13.9. The summed E-state index contributed by atoms with van der Waals surface area (Å²) in [6.45, 7) is 0.807. The van der Waals surface area contributed by atoms with Crippen LogP contribution in [0.4, 0.5) is 8.78 Å². The van der Waals surface area contributed by atoms with Crippen LogP contribution in [0.15, 0.2) is 47.4 Å². The Morgan fingerprint density at radius 2 is 1.63 bits per heavy atom. The molecular weight excluding hydrogens is 376 g/mol. The molecule has 2 aromatic rings. The van der Waals surface area contributed by atoms with Crippen LogP contribution in [-0.4, -0.2) is 49.7 Å². The van der Waals surface area contributed by atoms with E-state index in [2.05, 4.69) is 0 Å². The van der Waals surface area contributed by atoms with Gasteiger partial charge in [-0.25, -0.2) is 17.2 Å². The van der Waals surface area contributed by atoms with Crippen molar-refractivity contribution in [3.8, 4) is 0 Å². The Hall–Kier alpha value is -2.36. The SMILES string of the molecule is NCc1ccc(C(=O)N2CCN(S(=O)(=O)c3ccc(F)cc3F)CC2)cc1. The lowest BCUT2D eigenvalue weighted by Crippen LogP contribution is -2.50. The van der Waals surface area contributed by atoms with Gasteiger partial charge in [-0.05, 0) is 29.8 Å². The zero-order valence-electron chi connectivity index (χ0n) is 14.4. The minimum absolute atomic E-state index is 0.0335. The summed E-state index contributed by atoms with van der Waals surface area (Å²) in [6.07, 6.45) is 0. The van der Waals surface area contributed by atoms with Gasteiger partial charge in [0, 0.05) is 44.4 Å². The predicted octanol–water partition coefficient (Wildman–Crippen LogP) is 1.57. The van der Waals surface area contributed by atoms with Crippen molar-refractivity contribution < 1.29 is 22.0 Å². The van der Waals surface area contributed by atoms with Crippen LogP contribution >= 0.6 is 0 Å². The normalized spacial score (nSPS) is 15.7. The summed E-state index contributed by atoms with van der Waals surface area (Å²) in [4.78, 5) is 13.5. The number of hydrogen-bond acceptors (Lipinski definition) is 4. The number of piperazine rings is 1. The Bertz CT molecular complexity index is 941. The molecule has 0 aromatic heterocycles. The van der Waals surface area contributed by atoms with Crippen molar-refractivity contribution in [1.82, 2.24) is 9.21 Å². The van der Waals surface area contributed by atoms with Gasteiger partial charge in [0.15, 0.2) is 0 Å². The average molecular weight is 395 g/mol. The molecular formula is C18H19F2N3O3S. The minimum Gasteiger partial charge on any atom is -0.336 e. The predicted molar refractivity (Wildman–Crippen MR) is 95.4 cm³/mol. The molecule has 9 heteroatoms. The van der Waals surface area contributed by atoms with Crippen LogP contribution in [0.2, 0.25) is 0 Å². The summed E-state index contributed by atoms with van der Waals surface area (Å²) in [5, 5.41) is 0. The van der Waals surface area contributed by atoms with Gasteiger partial charge in [0.1, 0.15) is 16.5 Å². The first kappa shape index (κ1) is 19.4. The third-order valence-corrected chi connectivity index (χ3v) is 6.41. The molecule has 0 radical (unpaired) electrons. The molecule has 0 unspecified atom stereocenters. The summed E-state index contributed by atoms with van der Waals surface area (Å²) in [5.41, 5.74) is 6.94. The molecule has 144 valence electrons. The molecule has 0 aliphatic carbocycles. The second-order valence-electron chi connectivity index (χ2n) is 6.17. The van der Waals surface area contributed by atoms with Crippen LogP contribution < -0.4 is 5.73 Å². The van der Waals surface area contributed by atoms with E-state index >= 15 is 0 Å². The quantitative estimate of drug-likeness (QED) is 0.852. The first-order valence-electron chi connectivity index (χ1n) is 8.36. The molecule has 0 bridgehead atoms. The van der Waals surface area contributed by atoms with E-state index in [9.17, 15) is 22.0 Å². The summed E-state index contributed by atoms with van der Waals surface area (Å²) < 4.78 is 53.2. The lowest BCUT2D eigenvalue weighted by Gasteiger charge is -2.34. The lowest BCUT2D eigenvalue weighted by molar-refractivity contribution is 0.0697. The number of nitrogens with two attached hydrogens (primary N) is 1. The molecule has 6 nitrogen and oxygen atoms in total. The molecule has 1 aliphatic rings. The first-order valence-corrected chi connectivity index (χ1v) is 9.80. The number of carbonyl (C=O) groups excluding carboxylic acids is 1. The Balaban J connectivity index is 1.69. The van der Waals surface area contributed by atoms with Crippen molar-refractivity contribution in [2.75, 3.05) is 26.2 Å². The molecule has 0 spiro atoms. The van der Waals surface area contributed by atoms with Crippen LogP contribution in [0.1, 0.15) is 15.9 Å². The second-order valence-corrected chi connectivity index (χ2v) is 8.08. The van der Waals surface area contributed by atoms with Crippen molar-refractivity contribution >= 4 is 15.9 Å². The zero-order valence-corrected chi connectivity index (χ0v) is 15.3. The van der Waals surface area contributed by atoms with E-state index in [-0.39, 0.29) is 32.1 Å². The van der Waals surface area contributed by atoms with Crippen LogP contribution in [0.5, 0.6) is 0 Å². The topological polar surface area (TPSA) is 83.7 Å². The summed E-state index contributed by atoms with van der Waals surface area (Å²) in [5.74, 6) is -2.18. The van der Waals surface area contributed by atoms with Crippen molar-refractivity contribution in [1.29, 1.82) is 0 Å². The number of amides is 1. The molecule has 3 rings (SSSR count). The van der Waals surface area contributed by atoms with Crippen LogP contribution in [0.3, 0.4) is 0 Å². The molecule has 27 heavy (non-hydrogen) atoms. The van der Waals surface area contributed by atoms with Gasteiger partial charge in [0.05, 0.1) is 0 Å². The van der Waals surface area contributed by atoms with E-state index in [4.69, 9.17) is 5.73 Å². The maximum atomic E-state index is 13.9. The number of sulfonamides is 1. The van der Waals surface area contributed by atoms with Crippen LogP contribution in [0.25, 0.3) is 0 Å². The third-order valence-electron chi connectivity index (χ3n) is 4.47. The van der Waals surface area contributed by atoms with Crippen molar-refractivity contribution in [3.05, 3.63) is 65.2 Å². The fraction of sp³-hybridized carbons (Fsp3) is 0.278. The van der Waals surface area contributed by atoms with E-state index in [1.165, 1.54) is 0 Å². The number of carbonyl (C=O) groups is 1. The molecule has 1 heterocycles. The second kappa shape index (κ2) is 7.71. The van der Waals surface area contributed by atoms with Crippen molar-refractivity contribution in [2.45, 2.75) is 11.4 Å². The molecule has 2 aromatic carbocycles. The number of rotatable bonds is 4. The van der Waals surface area contributed by atoms with Gasteiger partial charge >= 0.3 is 0 Å². The smallest absolute Gasteiger partial charge is 0.253 e. The van der Waals surface area contributed by atoms with Gasteiger partial charge in [-0.15, -0.1) is 0 Å². The Kier molecular flexibility index (Phi) is 5.54. The first-order chi connectivity index (χ1) is 12.8. The molecule has 1 amide bonds. The molecule has 1 fully saturated rings. The van der Waals surface area contributed by atoms with E-state index in [1.807, 2.05) is 0 Å². The standard InChI is InChI=1S/C18H19F2N3O3S/c19-15-5-6-17(16(20)11-15)27(25,26)23-9-7-22(8-10-23)18(24)14-3-1-13(12-21)2-4-14/h1-6,11H,7-10,12,21H2. The fourth-order valence-electron chi connectivity index (χ4n) is 2.92. The highest BCUT2D eigenvalue weighted by Gasteiger charge is 2.32. The van der Waals surface area contributed by atoms with E-state index in [0.717, 1.165) is 22.0 Å². The minimum atomic E-state index is -4.09. The van der Waals surface area contributed by atoms with Gasteiger partial charge in [0.2, 0.25) is 10.0 Å². The summed E-state index contributed by atoms with van der Waals surface area (Å²) in [6, 6.07) is 9.26. The Morgan fingerprint density at radius 1 is 1.00 bits per heavy atom. The lowest BCUT2D eigenvalue weighted by atomic mass is 10.1. The number of nitrogens with zero attached hydrogens (tertiary/aromatic N) is 2. The summed E-state index contributed by atoms with van der Waals surface area (Å²) >= 11 is 0. The molecule has 2 N–H and O–H groups in total. The average Bonchev–Trinajstić information content (AvgIpc) is 2.67. The molecule has 0 saturated carbocycles. The molecule has 1 saturated heterocycles. The molecule has 1 aliphatic heterocycles. The highest BCUT2D eigenvalue weighted by atomic mass is 32.2. The van der Waals surface area contributed by atoms with Crippen LogP contribution in [0, 0.1) is 11.6 Å². The number of halogens is 2. The van der Waals surface area contributed by atoms with Gasteiger partial charge < -0.3 is 10.6 Å². The van der Waals surface area contributed by atoms with Gasteiger partial charge in [-0.2, -0.15) is 4.31 Å². The Labute approximate surface area is 156 Å². The van der Waals surface area contributed by atoms with Gasteiger partial charge in [0.25, 0.3) is 5.91 Å². The number of hydrogen-bond donors (Lipinski definition) is 1. The fourth-order valence-corrected chi connectivity index (χ4v) is 4.39. The summed E-state index contributed by atoms with van der Waals surface area (Å²) in [7, 11) is -4.09. The largest absolute Gasteiger partial charge is 0.336 e. The molecule has 0 atom stereocenters. The highest BCUT2D eigenvalue weighted by Crippen LogP contribution is 2.22. The van der Waals surface area contributed by atoms with E-state index < -0.39 is 26.6 Å². The maximum Gasteiger partial charge on any atom is 0.253 e. The van der Waals surface area contributed by atoms with Gasteiger partial charge in [-0.3, -0.25) is 4.79 Å². The van der Waals surface area contributed by atoms with E-state index in [1.54, 1.807) is 29.2 Å². The monoisotopic (exact) mass is 395 g/mol. The Morgan fingerprint density at radius 3 is 2.19 bits per heavy atom. The van der Waals surface area contributed by atoms with E-state index in [0.29, 0.717) is 18.2 Å². The van der Waals surface area contributed by atoms with Gasteiger partial charge in [-0.1, -0.05) is 12.1 Å². The van der Waals surface area contributed by atoms with Crippen LogP contribution in [-0.2, 0) is 16.6 Å². The zero-order chi connectivity index (χ0) is 19.6. The third kappa shape index (κ3) is 4.00. The van der Waals surface area contributed by atoms with Crippen molar-refractivity contribution in [2.24, 2.45) is 5.73 Å².